The highest BCUT2D eigenvalue weighted by Crippen LogP contribution is 2.40. The van der Waals surface area contributed by atoms with Crippen LogP contribution in [0.5, 0.6) is 0 Å². The molecule has 0 spiro atoms. The summed E-state index contributed by atoms with van der Waals surface area (Å²) in [4.78, 5) is 0. The van der Waals surface area contributed by atoms with E-state index >= 15 is 0 Å². The van der Waals surface area contributed by atoms with E-state index in [9.17, 15) is 8.42 Å². The van der Waals surface area contributed by atoms with Gasteiger partial charge in [0.25, 0.3) is 0 Å². The van der Waals surface area contributed by atoms with Crippen molar-refractivity contribution >= 4 is 9.84 Å². The lowest BCUT2D eigenvalue weighted by molar-refractivity contribution is 0.201. The standard InChI is InChI=1S/C10H20O2S/c1-5-8-6-13(11,12)7-9(8)10(2,3)4/h8-9H,5-7H2,1-4H3/t8-,9+/m1/s1. The fraction of sp³-hybridized carbons (Fsp3) is 1.00. The molecule has 0 bridgehead atoms. The van der Waals surface area contributed by atoms with Gasteiger partial charge < -0.3 is 0 Å². The molecule has 0 aromatic carbocycles. The van der Waals surface area contributed by atoms with E-state index in [-0.39, 0.29) is 5.41 Å². The van der Waals surface area contributed by atoms with Crippen molar-refractivity contribution in [3.05, 3.63) is 0 Å². The van der Waals surface area contributed by atoms with Gasteiger partial charge in [0.05, 0.1) is 11.5 Å². The van der Waals surface area contributed by atoms with Crippen molar-refractivity contribution in [2.24, 2.45) is 17.3 Å². The third-order valence-electron chi connectivity index (χ3n) is 3.11. The Morgan fingerprint density at radius 1 is 1.23 bits per heavy atom. The van der Waals surface area contributed by atoms with E-state index in [2.05, 4.69) is 27.7 Å². The highest BCUT2D eigenvalue weighted by Gasteiger charge is 2.42. The van der Waals surface area contributed by atoms with Crippen LogP contribution in [0.2, 0.25) is 0 Å². The topological polar surface area (TPSA) is 34.1 Å². The van der Waals surface area contributed by atoms with Crippen LogP contribution in [-0.4, -0.2) is 19.9 Å². The molecule has 1 aliphatic rings. The molecule has 2 atom stereocenters. The molecule has 0 N–H and O–H groups in total. The third-order valence-corrected chi connectivity index (χ3v) is 4.91. The summed E-state index contributed by atoms with van der Waals surface area (Å²) in [7, 11) is -2.74. The van der Waals surface area contributed by atoms with Crippen LogP contribution in [0.3, 0.4) is 0 Å². The van der Waals surface area contributed by atoms with Gasteiger partial charge in [-0.05, 0) is 17.3 Å². The Labute approximate surface area is 81.6 Å². The van der Waals surface area contributed by atoms with Crippen LogP contribution in [0.4, 0.5) is 0 Å². The molecule has 3 heteroatoms. The zero-order valence-corrected chi connectivity index (χ0v) is 9.82. The molecule has 0 aromatic rings. The molecule has 0 aliphatic carbocycles. The van der Waals surface area contributed by atoms with Crippen LogP contribution in [-0.2, 0) is 9.84 Å². The van der Waals surface area contributed by atoms with Crippen molar-refractivity contribution < 1.29 is 8.42 Å². The summed E-state index contributed by atoms with van der Waals surface area (Å²) in [5.41, 5.74) is 0.129. The molecule has 78 valence electrons. The minimum atomic E-state index is -2.74. The molecular weight excluding hydrogens is 184 g/mol. The van der Waals surface area contributed by atoms with E-state index in [1.807, 2.05) is 0 Å². The molecule has 1 aliphatic heterocycles. The maximum absolute atomic E-state index is 11.5. The van der Waals surface area contributed by atoms with Crippen molar-refractivity contribution in [3.8, 4) is 0 Å². The van der Waals surface area contributed by atoms with Crippen LogP contribution in [0.15, 0.2) is 0 Å². The van der Waals surface area contributed by atoms with Gasteiger partial charge in [0.15, 0.2) is 9.84 Å². The molecule has 13 heavy (non-hydrogen) atoms. The van der Waals surface area contributed by atoms with Gasteiger partial charge in [-0.1, -0.05) is 34.1 Å². The first-order valence-electron chi connectivity index (χ1n) is 4.96. The molecule has 1 fully saturated rings. The minimum Gasteiger partial charge on any atom is -0.229 e. The first kappa shape index (κ1) is 11.0. The quantitative estimate of drug-likeness (QED) is 0.655. The fourth-order valence-corrected chi connectivity index (χ4v) is 4.86. The van der Waals surface area contributed by atoms with Gasteiger partial charge in [-0.15, -0.1) is 0 Å². The Morgan fingerprint density at radius 3 is 2.08 bits per heavy atom. The summed E-state index contributed by atoms with van der Waals surface area (Å²) in [6, 6.07) is 0. The second-order valence-corrected chi connectivity index (χ2v) is 7.37. The average molecular weight is 204 g/mol. The summed E-state index contributed by atoms with van der Waals surface area (Å²) < 4.78 is 22.9. The largest absolute Gasteiger partial charge is 0.229 e. The lowest BCUT2D eigenvalue weighted by Crippen LogP contribution is -2.26. The summed E-state index contributed by atoms with van der Waals surface area (Å²) in [6.07, 6.45) is 0.987. The number of hydrogen-bond acceptors (Lipinski definition) is 2. The van der Waals surface area contributed by atoms with E-state index in [0.29, 0.717) is 23.3 Å². The summed E-state index contributed by atoms with van der Waals surface area (Å²) >= 11 is 0. The lowest BCUT2D eigenvalue weighted by Gasteiger charge is -2.30. The molecule has 1 saturated heterocycles. The van der Waals surface area contributed by atoms with Gasteiger partial charge in [-0.2, -0.15) is 0 Å². The zero-order valence-electron chi connectivity index (χ0n) is 9.00. The van der Waals surface area contributed by atoms with E-state index in [4.69, 9.17) is 0 Å². The predicted molar refractivity (Wildman–Crippen MR) is 55.4 cm³/mol. The number of hydrogen-bond donors (Lipinski definition) is 0. The second kappa shape index (κ2) is 3.26. The molecular formula is C10H20O2S. The van der Waals surface area contributed by atoms with Crippen molar-refractivity contribution in [2.75, 3.05) is 11.5 Å². The second-order valence-electron chi connectivity index (χ2n) is 5.22. The van der Waals surface area contributed by atoms with Crippen molar-refractivity contribution in [2.45, 2.75) is 34.1 Å². The molecule has 0 amide bonds. The van der Waals surface area contributed by atoms with Gasteiger partial charge in [0, 0.05) is 0 Å². The van der Waals surface area contributed by atoms with Gasteiger partial charge in [0.1, 0.15) is 0 Å². The Balaban J connectivity index is 2.88. The normalized spacial score (nSPS) is 33.5. The molecule has 0 aromatic heterocycles. The maximum atomic E-state index is 11.5. The van der Waals surface area contributed by atoms with Crippen LogP contribution in [0.25, 0.3) is 0 Å². The Bertz CT molecular complexity index is 272. The average Bonchev–Trinajstić information content (AvgIpc) is 2.24. The fourth-order valence-electron chi connectivity index (χ4n) is 2.28. The summed E-state index contributed by atoms with van der Waals surface area (Å²) in [6.45, 7) is 8.51. The van der Waals surface area contributed by atoms with E-state index < -0.39 is 9.84 Å². The number of sulfone groups is 1. The lowest BCUT2D eigenvalue weighted by atomic mass is 9.74. The molecule has 2 nitrogen and oxygen atoms in total. The van der Waals surface area contributed by atoms with Crippen LogP contribution in [0, 0.1) is 17.3 Å². The van der Waals surface area contributed by atoms with Gasteiger partial charge in [-0.25, -0.2) is 8.42 Å². The van der Waals surface area contributed by atoms with E-state index in [1.54, 1.807) is 0 Å². The Hall–Kier alpha value is -0.0500. The van der Waals surface area contributed by atoms with Crippen LogP contribution < -0.4 is 0 Å². The van der Waals surface area contributed by atoms with Crippen molar-refractivity contribution in [3.63, 3.8) is 0 Å². The predicted octanol–water partition coefficient (Wildman–Crippen LogP) is 2.10. The van der Waals surface area contributed by atoms with Gasteiger partial charge >= 0.3 is 0 Å². The maximum Gasteiger partial charge on any atom is 0.150 e. The third kappa shape index (κ3) is 2.46. The summed E-state index contributed by atoms with van der Waals surface area (Å²) in [5, 5.41) is 0. The zero-order chi connectivity index (χ0) is 10.3. The van der Waals surface area contributed by atoms with Crippen LogP contribution in [0.1, 0.15) is 34.1 Å². The highest BCUT2D eigenvalue weighted by atomic mass is 32.2. The molecule has 1 rings (SSSR count). The molecule has 0 radical (unpaired) electrons. The first-order chi connectivity index (χ1) is 5.76. The van der Waals surface area contributed by atoms with Crippen molar-refractivity contribution in [1.82, 2.24) is 0 Å². The van der Waals surface area contributed by atoms with Crippen molar-refractivity contribution in [1.29, 1.82) is 0 Å². The SMILES string of the molecule is CC[C@@H]1CS(=O)(=O)C[C@@H]1C(C)(C)C. The van der Waals surface area contributed by atoms with Gasteiger partial charge in [-0.3, -0.25) is 0 Å². The Morgan fingerprint density at radius 2 is 1.77 bits per heavy atom. The highest BCUT2D eigenvalue weighted by molar-refractivity contribution is 7.91. The van der Waals surface area contributed by atoms with Crippen LogP contribution >= 0.6 is 0 Å². The Kier molecular flexibility index (Phi) is 2.77. The molecule has 0 saturated carbocycles. The monoisotopic (exact) mass is 204 g/mol. The van der Waals surface area contributed by atoms with E-state index in [1.165, 1.54) is 0 Å². The summed E-state index contributed by atoms with van der Waals surface area (Å²) in [5.74, 6) is 1.54. The first-order valence-corrected chi connectivity index (χ1v) is 6.79. The molecule has 0 unspecified atom stereocenters. The number of rotatable bonds is 1. The minimum absolute atomic E-state index is 0.129. The van der Waals surface area contributed by atoms with E-state index in [0.717, 1.165) is 6.42 Å². The smallest absolute Gasteiger partial charge is 0.150 e. The molecule has 1 heterocycles. The van der Waals surface area contributed by atoms with Gasteiger partial charge in [0.2, 0.25) is 0 Å².